The molecule has 1 amide bonds. The number of hydrogen-bond acceptors (Lipinski definition) is 5. The quantitative estimate of drug-likeness (QED) is 0.657. The molecule has 7 nitrogen and oxygen atoms in total. The molecule has 1 heterocycles. The molecule has 1 saturated heterocycles. The summed E-state index contributed by atoms with van der Waals surface area (Å²) in [5.74, 6) is 0.878. The molecule has 2 aromatic rings. The Morgan fingerprint density at radius 1 is 0.969 bits per heavy atom. The Balaban J connectivity index is 1.72. The summed E-state index contributed by atoms with van der Waals surface area (Å²) in [6, 6.07) is 9.13. The Bertz CT molecular complexity index is 1080. The average molecular weight is 461 g/mol. The van der Waals surface area contributed by atoms with E-state index in [2.05, 4.69) is 0 Å². The van der Waals surface area contributed by atoms with Crippen LogP contribution in [0, 0.1) is 26.7 Å². The average Bonchev–Trinajstić information content (AvgIpc) is 2.76. The number of piperidine rings is 1. The Labute approximate surface area is 191 Å². The maximum absolute atomic E-state index is 13.3. The first kappa shape index (κ1) is 24.1. The van der Waals surface area contributed by atoms with Gasteiger partial charge in [-0.05, 0) is 56.9 Å². The van der Waals surface area contributed by atoms with Crippen LogP contribution in [0.5, 0.6) is 11.5 Å². The van der Waals surface area contributed by atoms with Crippen molar-refractivity contribution < 1.29 is 22.7 Å². The summed E-state index contributed by atoms with van der Waals surface area (Å²) >= 11 is 0. The van der Waals surface area contributed by atoms with Crippen molar-refractivity contribution in [2.45, 2.75) is 38.5 Å². The third-order valence-corrected chi connectivity index (χ3v) is 8.30. The summed E-state index contributed by atoms with van der Waals surface area (Å²) in [4.78, 5) is 15.1. The third-order valence-electron chi connectivity index (χ3n) is 6.09. The third kappa shape index (κ3) is 4.61. The van der Waals surface area contributed by atoms with E-state index >= 15 is 0 Å². The number of amides is 1. The van der Waals surface area contributed by atoms with Gasteiger partial charge in [-0.1, -0.05) is 17.7 Å². The lowest BCUT2D eigenvalue weighted by atomic mass is 9.96. The molecule has 3 rings (SSSR count). The normalized spacial score (nSPS) is 15.4. The van der Waals surface area contributed by atoms with Gasteiger partial charge in [-0.2, -0.15) is 4.31 Å². The number of benzene rings is 2. The molecule has 0 atom stereocenters. The Morgan fingerprint density at radius 3 is 2.06 bits per heavy atom. The number of rotatable bonds is 6. The monoisotopic (exact) mass is 460 g/mol. The second kappa shape index (κ2) is 9.50. The van der Waals surface area contributed by atoms with E-state index in [4.69, 9.17) is 9.47 Å². The van der Waals surface area contributed by atoms with Crippen molar-refractivity contribution in [2.24, 2.45) is 5.92 Å². The molecule has 0 unspecified atom stereocenters. The zero-order chi connectivity index (χ0) is 23.6. The van der Waals surface area contributed by atoms with Gasteiger partial charge >= 0.3 is 0 Å². The second-order valence-corrected chi connectivity index (χ2v) is 10.2. The summed E-state index contributed by atoms with van der Waals surface area (Å²) < 4.78 is 38.7. The van der Waals surface area contributed by atoms with E-state index in [1.54, 1.807) is 38.3 Å². The fourth-order valence-electron chi connectivity index (χ4n) is 4.48. The molecule has 0 bridgehead atoms. The van der Waals surface area contributed by atoms with Crippen LogP contribution in [0.1, 0.15) is 29.5 Å². The van der Waals surface area contributed by atoms with Gasteiger partial charge in [0.15, 0.2) is 11.5 Å². The van der Waals surface area contributed by atoms with Crippen molar-refractivity contribution in [3.63, 3.8) is 0 Å². The van der Waals surface area contributed by atoms with Crippen LogP contribution < -0.4 is 14.4 Å². The van der Waals surface area contributed by atoms with E-state index < -0.39 is 10.0 Å². The topological polar surface area (TPSA) is 76.2 Å². The minimum absolute atomic E-state index is 0.0306. The molecular formula is C24H32N2O5S. The van der Waals surface area contributed by atoms with Gasteiger partial charge in [0.05, 0.1) is 19.1 Å². The fraction of sp³-hybridized carbons (Fsp3) is 0.458. The van der Waals surface area contributed by atoms with Crippen LogP contribution in [-0.4, -0.2) is 53.0 Å². The molecule has 0 aromatic heterocycles. The first-order valence-corrected chi connectivity index (χ1v) is 12.1. The minimum Gasteiger partial charge on any atom is -0.493 e. The van der Waals surface area contributed by atoms with Crippen LogP contribution in [0.15, 0.2) is 35.2 Å². The maximum atomic E-state index is 13.3. The number of carbonyl (C=O) groups excluding carboxylic acids is 1. The zero-order valence-corrected chi connectivity index (χ0v) is 20.5. The van der Waals surface area contributed by atoms with Crippen molar-refractivity contribution in [1.29, 1.82) is 0 Å². The number of hydrogen-bond donors (Lipinski definition) is 0. The fourth-order valence-corrected chi connectivity index (χ4v) is 6.36. The highest BCUT2D eigenvalue weighted by atomic mass is 32.2. The largest absolute Gasteiger partial charge is 0.493 e. The highest BCUT2D eigenvalue weighted by Crippen LogP contribution is 2.33. The molecule has 0 saturated carbocycles. The number of nitrogens with zero attached hydrogens (tertiary/aromatic N) is 2. The first-order valence-electron chi connectivity index (χ1n) is 10.7. The van der Waals surface area contributed by atoms with Crippen LogP contribution >= 0.6 is 0 Å². The van der Waals surface area contributed by atoms with E-state index in [1.807, 2.05) is 39.0 Å². The molecule has 0 spiro atoms. The molecule has 1 aliphatic rings. The summed E-state index contributed by atoms with van der Waals surface area (Å²) in [7, 11) is 1.24. The molecule has 2 aromatic carbocycles. The number of sulfonamides is 1. The van der Waals surface area contributed by atoms with Crippen LogP contribution in [0.3, 0.4) is 0 Å². The smallest absolute Gasteiger partial charge is 0.243 e. The molecular weight excluding hydrogens is 428 g/mol. The molecule has 1 aliphatic heterocycles. The van der Waals surface area contributed by atoms with E-state index in [9.17, 15) is 13.2 Å². The number of methoxy groups -OCH3 is 2. The molecule has 0 N–H and O–H groups in total. The van der Waals surface area contributed by atoms with E-state index in [-0.39, 0.29) is 11.8 Å². The summed E-state index contributed by atoms with van der Waals surface area (Å²) in [6.07, 6.45) is 0.972. The van der Waals surface area contributed by atoms with Gasteiger partial charge in [0.25, 0.3) is 0 Å². The molecule has 32 heavy (non-hydrogen) atoms. The van der Waals surface area contributed by atoms with Gasteiger partial charge in [-0.3, -0.25) is 4.79 Å². The summed E-state index contributed by atoms with van der Waals surface area (Å²) in [5.41, 5.74) is 3.26. The van der Waals surface area contributed by atoms with Gasteiger partial charge in [-0.25, -0.2) is 8.42 Å². The van der Waals surface area contributed by atoms with E-state index in [0.29, 0.717) is 48.0 Å². The van der Waals surface area contributed by atoms with Crippen LogP contribution in [0.2, 0.25) is 0 Å². The lowest BCUT2D eigenvalue weighted by Crippen LogP contribution is -2.43. The van der Waals surface area contributed by atoms with Crippen molar-refractivity contribution >= 4 is 21.6 Å². The van der Waals surface area contributed by atoms with E-state index in [1.165, 1.54) is 4.31 Å². The van der Waals surface area contributed by atoms with Gasteiger partial charge in [-0.15, -0.1) is 0 Å². The minimum atomic E-state index is -3.60. The number of anilines is 1. The lowest BCUT2D eigenvalue weighted by molar-refractivity contribution is -0.123. The lowest BCUT2D eigenvalue weighted by Gasteiger charge is -2.33. The van der Waals surface area contributed by atoms with Gasteiger partial charge < -0.3 is 14.4 Å². The first-order chi connectivity index (χ1) is 15.1. The standard InChI is InChI=1S/C24H32N2O5S/c1-16-13-17(2)23(18(3)14-16)32(28,29)26-11-9-19(10-12-26)24(27)25(4)20-7-8-21(30-5)22(15-20)31-6/h7-8,13-15,19H,9-12H2,1-6H3. The number of aryl methyl sites for hydroxylation is 3. The zero-order valence-electron chi connectivity index (χ0n) is 19.6. The Hall–Kier alpha value is -2.58. The molecule has 1 fully saturated rings. The van der Waals surface area contributed by atoms with Crippen molar-refractivity contribution in [2.75, 3.05) is 39.3 Å². The van der Waals surface area contributed by atoms with Crippen molar-refractivity contribution in [3.05, 3.63) is 47.0 Å². The van der Waals surface area contributed by atoms with Crippen molar-refractivity contribution in [3.8, 4) is 11.5 Å². The molecule has 0 aliphatic carbocycles. The van der Waals surface area contributed by atoms with Gasteiger partial charge in [0.1, 0.15) is 0 Å². The van der Waals surface area contributed by atoms with Gasteiger partial charge in [0, 0.05) is 37.8 Å². The van der Waals surface area contributed by atoms with Crippen LogP contribution in [-0.2, 0) is 14.8 Å². The predicted octanol–water partition coefficient (Wildman–Crippen LogP) is 3.69. The highest BCUT2D eigenvalue weighted by molar-refractivity contribution is 7.89. The summed E-state index contributed by atoms with van der Waals surface area (Å²) in [5, 5.41) is 0. The van der Waals surface area contributed by atoms with Crippen LogP contribution in [0.25, 0.3) is 0 Å². The maximum Gasteiger partial charge on any atom is 0.243 e. The number of carbonyl (C=O) groups is 1. The second-order valence-electron chi connectivity index (χ2n) is 8.34. The molecule has 0 radical (unpaired) electrons. The molecule has 174 valence electrons. The molecule has 8 heteroatoms. The number of ether oxygens (including phenoxy) is 2. The predicted molar refractivity (Wildman–Crippen MR) is 125 cm³/mol. The summed E-state index contributed by atoms with van der Waals surface area (Å²) in [6.45, 7) is 6.28. The SMILES string of the molecule is COc1ccc(N(C)C(=O)C2CCN(S(=O)(=O)c3c(C)cc(C)cc3C)CC2)cc1OC. The van der Waals surface area contributed by atoms with Gasteiger partial charge in [0.2, 0.25) is 15.9 Å². The highest BCUT2D eigenvalue weighted by Gasteiger charge is 2.35. The Kier molecular flexibility index (Phi) is 7.15. The van der Waals surface area contributed by atoms with Crippen LogP contribution in [0.4, 0.5) is 5.69 Å². The van der Waals surface area contributed by atoms with E-state index in [0.717, 1.165) is 16.7 Å². The van der Waals surface area contributed by atoms with Crippen molar-refractivity contribution in [1.82, 2.24) is 4.31 Å². The Morgan fingerprint density at radius 2 is 1.53 bits per heavy atom.